The molecule has 150 valence electrons. The number of carbonyl (C=O) groups excluding carboxylic acids is 1. The summed E-state index contributed by atoms with van der Waals surface area (Å²) in [4.78, 5) is 13.7. The standard InChI is InChI=1S/C19H40N2O4/c1-3-4-5-6-7-8-9-19(24)20-11-10-18(2)25-17-14-21(12-15-22)13-16-23/h18,22-23H,3-17H2,1-2H3,(H,20,24). The van der Waals surface area contributed by atoms with Crippen LogP contribution in [0.25, 0.3) is 0 Å². The van der Waals surface area contributed by atoms with Crippen molar-refractivity contribution in [2.75, 3.05) is 46.0 Å². The van der Waals surface area contributed by atoms with Crippen molar-refractivity contribution in [3.8, 4) is 0 Å². The Balaban J connectivity index is 3.55. The smallest absolute Gasteiger partial charge is 0.219 e. The summed E-state index contributed by atoms with van der Waals surface area (Å²) >= 11 is 0. The van der Waals surface area contributed by atoms with Gasteiger partial charge in [0.1, 0.15) is 0 Å². The minimum absolute atomic E-state index is 0.0828. The van der Waals surface area contributed by atoms with Gasteiger partial charge in [-0.1, -0.05) is 39.0 Å². The fourth-order valence-corrected chi connectivity index (χ4v) is 2.65. The second kappa shape index (κ2) is 18.1. The molecular weight excluding hydrogens is 320 g/mol. The van der Waals surface area contributed by atoms with Crippen molar-refractivity contribution in [1.82, 2.24) is 10.2 Å². The van der Waals surface area contributed by atoms with Crippen LogP contribution in [0.4, 0.5) is 0 Å². The molecule has 0 aliphatic heterocycles. The number of ether oxygens (including phenoxy) is 1. The average Bonchev–Trinajstić information content (AvgIpc) is 2.58. The maximum Gasteiger partial charge on any atom is 0.219 e. The Morgan fingerprint density at radius 3 is 2.32 bits per heavy atom. The number of hydrogen-bond donors (Lipinski definition) is 3. The first-order valence-corrected chi connectivity index (χ1v) is 9.96. The summed E-state index contributed by atoms with van der Waals surface area (Å²) in [5.74, 6) is 0.139. The van der Waals surface area contributed by atoms with Gasteiger partial charge >= 0.3 is 0 Å². The number of hydrogen-bond acceptors (Lipinski definition) is 5. The Morgan fingerprint density at radius 1 is 1.04 bits per heavy atom. The second-order valence-corrected chi connectivity index (χ2v) is 6.63. The van der Waals surface area contributed by atoms with Gasteiger partial charge in [0.05, 0.1) is 25.9 Å². The molecule has 0 aliphatic carbocycles. The molecule has 0 bridgehead atoms. The molecule has 0 radical (unpaired) electrons. The molecule has 3 N–H and O–H groups in total. The van der Waals surface area contributed by atoms with E-state index < -0.39 is 0 Å². The Bertz CT molecular complexity index is 297. The second-order valence-electron chi connectivity index (χ2n) is 6.63. The molecule has 6 heteroatoms. The summed E-state index contributed by atoms with van der Waals surface area (Å²) in [5, 5.41) is 20.9. The molecule has 1 amide bonds. The summed E-state index contributed by atoms with van der Waals surface area (Å²) in [7, 11) is 0. The van der Waals surface area contributed by atoms with E-state index in [1.807, 2.05) is 11.8 Å². The number of nitrogens with one attached hydrogen (secondary N) is 1. The summed E-state index contributed by atoms with van der Waals surface area (Å²) in [5.41, 5.74) is 0. The predicted octanol–water partition coefficient (Wildman–Crippen LogP) is 1.94. The number of nitrogens with zero attached hydrogens (tertiary/aromatic N) is 1. The number of amides is 1. The van der Waals surface area contributed by atoms with Crippen LogP contribution in [0.1, 0.15) is 65.2 Å². The zero-order valence-corrected chi connectivity index (χ0v) is 16.3. The first kappa shape index (κ1) is 24.3. The highest BCUT2D eigenvalue weighted by molar-refractivity contribution is 5.75. The predicted molar refractivity (Wildman–Crippen MR) is 102 cm³/mol. The number of unbranched alkanes of at least 4 members (excludes halogenated alkanes) is 5. The number of carbonyl (C=O) groups is 1. The van der Waals surface area contributed by atoms with Gasteiger partial charge in [0.15, 0.2) is 0 Å². The fourth-order valence-electron chi connectivity index (χ4n) is 2.65. The van der Waals surface area contributed by atoms with Gasteiger partial charge in [-0.25, -0.2) is 0 Å². The molecule has 6 nitrogen and oxygen atoms in total. The van der Waals surface area contributed by atoms with Crippen LogP contribution < -0.4 is 5.32 Å². The topological polar surface area (TPSA) is 82.0 Å². The molecule has 0 fully saturated rings. The van der Waals surface area contributed by atoms with Crippen molar-refractivity contribution in [3.05, 3.63) is 0 Å². The van der Waals surface area contributed by atoms with E-state index in [0.717, 1.165) is 19.3 Å². The van der Waals surface area contributed by atoms with Crippen LogP contribution in [0.2, 0.25) is 0 Å². The zero-order valence-electron chi connectivity index (χ0n) is 16.3. The third-order valence-electron chi connectivity index (χ3n) is 4.27. The lowest BCUT2D eigenvalue weighted by Gasteiger charge is -2.21. The molecular formula is C19H40N2O4. The van der Waals surface area contributed by atoms with Crippen molar-refractivity contribution >= 4 is 5.91 Å². The molecule has 0 aromatic heterocycles. The molecule has 0 saturated heterocycles. The van der Waals surface area contributed by atoms with E-state index in [2.05, 4.69) is 12.2 Å². The van der Waals surface area contributed by atoms with Crippen LogP contribution in [0, 0.1) is 0 Å². The monoisotopic (exact) mass is 360 g/mol. The van der Waals surface area contributed by atoms with Crippen molar-refractivity contribution in [3.63, 3.8) is 0 Å². The molecule has 1 atom stereocenters. The quantitative estimate of drug-likeness (QED) is 0.325. The van der Waals surface area contributed by atoms with Crippen molar-refractivity contribution in [1.29, 1.82) is 0 Å². The lowest BCUT2D eigenvalue weighted by molar-refractivity contribution is -0.121. The van der Waals surface area contributed by atoms with Crippen molar-refractivity contribution in [2.24, 2.45) is 0 Å². The molecule has 1 unspecified atom stereocenters. The van der Waals surface area contributed by atoms with Gasteiger partial charge < -0.3 is 20.3 Å². The largest absolute Gasteiger partial charge is 0.395 e. The summed E-state index contributed by atoms with van der Waals surface area (Å²) in [6, 6.07) is 0. The molecule has 0 spiro atoms. The van der Waals surface area contributed by atoms with Gasteiger partial charge in [0, 0.05) is 32.6 Å². The van der Waals surface area contributed by atoms with Crippen LogP contribution in [0.5, 0.6) is 0 Å². The van der Waals surface area contributed by atoms with Gasteiger partial charge in [-0.15, -0.1) is 0 Å². The van der Waals surface area contributed by atoms with Crippen LogP contribution in [0.3, 0.4) is 0 Å². The summed E-state index contributed by atoms with van der Waals surface area (Å²) < 4.78 is 5.73. The summed E-state index contributed by atoms with van der Waals surface area (Å²) in [6.45, 7) is 7.37. The van der Waals surface area contributed by atoms with Gasteiger partial charge in [-0.2, -0.15) is 0 Å². The molecule has 0 aliphatic rings. The van der Waals surface area contributed by atoms with E-state index in [-0.39, 0.29) is 25.2 Å². The molecule has 0 rings (SSSR count). The highest BCUT2D eigenvalue weighted by Gasteiger charge is 2.07. The minimum atomic E-state index is 0.0828. The first-order chi connectivity index (χ1) is 12.1. The lowest BCUT2D eigenvalue weighted by atomic mass is 10.1. The SMILES string of the molecule is CCCCCCCCC(=O)NCCC(C)OCCN(CCO)CCO. The number of aliphatic hydroxyl groups excluding tert-OH is 2. The fraction of sp³-hybridized carbons (Fsp3) is 0.947. The van der Waals surface area contributed by atoms with Crippen molar-refractivity contribution in [2.45, 2.75) is 71.3 Å². The van der Waals surface area contributed by atoms with E-state index in [1.165, 1.54) is 25.7 Å². The Labute approximate surface area is 153 Å². The Morgan fingerprint density at radius 2 is 1.68 bits per heavy atom. The maximum atomic E-state index is 11.8. The van der Waals surface area contributed by atoms with E-state index >= 15 is 0 Å². The van der Waals surface area contributed by atoms with Crippen LogP contribution in [0.15, 0.2) is 0 Å². The van der Waals surface area contributed by atoms with E-state index in [0.29, 0.717) is 39.2 Å². The number of rotatable bonds is 18. The van der Waals surface area contributed by atoms with Gasteiger partial charge in [-0.05, 0) is 19.8 Å². The molecule has 0 aromatic rings. The number of aliphatic hydroxyl groups is 2. The zero-order chi connectivity index (χ0) is 18.8. The van der Waals surface area contributed by atoms with E-state index in [9.17, 15) is 4.79 Å². The first-order valence-electron chi connectivity index (χ1n) is 9.96. The third kappa shape index (κ3) is 16.5. The molecule has 0 heterocycles. The highest BCUT2D eigenvalue weighted by Crippen LogP contribution is 2.06. The van der Waals surface area contributed by atoms with Crippen LogP contribution in [-0.2, 0) is 9.53 Å². The molecule has 25 heavy (non-hydrogen) atoms. The molecule has 0 aromatic carbocycles. The van der Waals surface area contributed by atoms with Gasteiger partial charge in [0.2, 0.25) is 5.91 Å². The maximum absolute atomic E-state index is 11.8. The van der Waals surface area contributed by atoms with E-state index in [1.54, 1.807) is 0 Å². The third-order valence-corrected chi connectivity index (χ3v) is 4.27. The Kier molecular flexibility index (Phi) is 17.6. The van der Waals surface area contributed by atoms with Crippen LogP contribution in [-0.4, -0.2) is 73.1 Å². The Hall–Kier alpha value is -0.690. The van der Waals surface area contributed by atoms with Gasteiger partial charge in [0.25, 0.3) is 0 Å². The normalized spacial score (nSPS) is 12.5. The average molecular weight is 361 g/mol. The molecule has 0 saturated carbocycles. The summed E-state index contributed by atoms with van der Waals surface area (Å²) in [6.07, 6.45) is 8.68. The lowest BCUT2D eigenvalue weighted by Crippen LogP contribution is -2.34. The van der Waals surface area contributed by atoms with Gasteiger partial charge in [-0.3, -0.25) is 9.69 Å². The van der Waals surface area contributed by atoms with E-state index in [4.69, 9.17) is 14.9 Å². The highest BCUT2D eigenvalue weighted by atomic mass is 16.5. The van der Waals surface area contributed by atoms with Crippen LogP contribution >= 0.6 is 0 Å². The van der Waals surface area contributed by atoms with Crippen molar-refractivity contribution < 1.29 is 19.7 Å². The minimum Gasteiger partial charge on any atom is -0.395 e.